The average Bonchev–Trinajstić information content (AvgIpc) is 3.09. The third-order valence-electron chi connectivity index (χ3n) is 3.38. The summed E-state index contributed by atoms with van der Waals surface area (Å²) < 4.78 is 43.3. The van der Waals surface area contributed by atoms with E-state index in [4.69, 9.17) is 4.52 Å². The lowest BCUT2D eigenvalue weighted by molar-refractivity contribution is -0.137. The number of aromatic nitrogens is 5. The highest BCUT2D eigenvalue weighted by Gasteiger charge is 2.30. The topological polar surface area (TPSA) is 69.6 Å². The van der Waals surface area contributed by atoms with Crippen molar-refractivity contribution in [2.45, 2.75) is 26.6 Å². The van der Waals surface area contributed by atoms with E-state index in [0.29, 0.717) is 11.5 Å². The summed E-state index contributed by atoms with van der Waals surface area (Å²) in [7, 11) is 0. The van der Waals surface area contributed by atoms with Crippen LogP contribution in [0.15, 0.2) is 28.8 Å². The van der Waals surface area contributed by atoms with Crippen LogP contribution in [0.2, 0.25) is 0 Å². The zero-order valence-corrected chi connectivity index (χ0v) is 12.3. The van der Waals surface area contributed by atoms with Crippen molar-refractivity contribution in [3.8, 4) is 11.4 Å². The van der Waals surface area contributed by atoms with Crippen LogP contribution in [-0.4, -0.2) is 25.4 Å². The maximum Gasteiger partial charge on any atom is 0.416 e. The van der Waals surface area contributed by atoms with Gasteiger partial charge in [0.1, 0.15) is 5.76 Å². The van der Waals surface area contributed by atoms with Gasteiger partial charge in [-0.2, -0.15) is 18.0 Å². The number of benzene rings is 1. The van der Waals surface area contributed by atoms with Gasteiger partial charge in [0.15, 0.2) is 0 Å². The van der Waals surface area contributed by atoms with Crippen LogP contribution in [-0.2, 0) is 12.7 Å². The summed E-state index contributed by atoms with van der Waals surface area (Å²) in [5.74, 6) is 0.767. The van der Waals surface area contributed by atoms with Crippen LogP contribution in [0, 0.1) is 13.8 Å². The quantitative estimate of drug-likeness (QED) is 0.741. The Morgan fingerprint density at radius 1 is 1.22 bits per heavy atom. The number of hydrogen-bond donors (Lipinski definition) is 0. The van der Waals surface area contributed by atoms with Gasteiger partial charge in [0.05, 0.1) is 17.8 Å². The lowest BCUT2D eigenvalue weighted by Crippen LogP contribution is -2.06. The summed E-state index contributed by atoms with van der Waals surface area (Å²) in [4.78, 5) is 1.29. The summed E-state index contributed by atoms with van der Waals surface area (Å²) in [6, 6.07) is 4.81. The number of nitrogens with zero attached hydrogens (tertiary/aromatic N) is 5. The van der Waals surface area contributed by atoms with Crippen LogP contribution in [0.1, 0.15) is 22.6 Å². The zero-order valence-electron chi connectivity index (χ0n) is 12.3. The highest BCUT2D eigenvalue weighted by atomic mass is 19.4. The first-order chi connectivity index (χ1) is 10.8. The maximum absolute atomic E-state index is 12.8. The number of halogens is 3. The average molecular weight is 323 g/mol. The molecule has 3 rings (SSSR count). The molecule has 0 unspecified atom stereocenters. The molecule has 0 aliphatic heterocycles. The second kappa shape index (κ2) is 5.49. The van der Waals surface area contributed by atoms with Crippen molar-refractivity contribution in [3.05, 3.63) is 46.8 Å². The van der Waals surface area contributed by atoms with Crippen LogP contribution in [0.25, 0.3) is 11.4 Å². The van der Waals surface area contributed by atoms with Crippen molar-refractivity contribution < 1.29 is 17.7 Å². The molecule has 9 heteroatoms. The lowest BCUT2D eigenvalue weighted by atomic mass is 10.1. The van der Waals surface area contributed by atoms with E-state index in [-0.39, 0.29) is 17.9 Å². The molecular formula is C14H12F3N5O. The van der Waals surface area contributed by atoms with Crippen molar-refractivity contribution in [1.82, 2.24) is 25.4 Å². The first kappa shape index (κ1) is 15.2. The molecule has 0 N–H and O–H groups in total. The van der Waals surface area contributed by atoms with E-state index in [2.05, 4.69) is 20.6 Å². The first-order valence-electron chi connectivity index (χ1n) is 6.72. The Kier molecular flexibility index (Phi) is 3.63. The molecule has 0 radical (unpaired) electrons. The fraction of sp³-hybridized carbons (Fsp3) is 0.286. The Morgan fingerprint density at radius 2 is 2.00 bits per heavy atom. The van der Waals surface area contributed by atoms with E-state index in [1.165, 1.54) is 16.9 Å². The molecule has 0 fully saturated rings. The van der Waals surface area contributed by atoms with Gasteiger partial charge in [-0.15, -0.1) is 10.2 Å². The third kappa shape index (κ3) is 3.08. The molecular weight excluding hydrogens is 311 g/mol. The van der Waals surface area contributed by atoms with Gasteiger partial charge in [0.2, 0.25) is 5.82 Å². The second-order valence-corrected chi connectivity index (χ2v) is 5.02. The fourth-order valence-corrected chi connectivity index (χ4v) is 2.13. The molecule has 2 aromatic heterocycles. The van der Waals surface area contributed by atoms with Crippen LogP contribution in [0.3, 0.4) is 0 Å². The predicted molar refractivity (Wildman–Crippen MR) is 73.3 cm³/mol. The van der Waals surface area contributed by atoms with Crippen LogP contribution in [0.5, 0.6) is 0 Å². The minimum absolute atomic E-state index is 0.128. The van der Waals surface area contributed by atoms with Crippen molar-refractivity contribution in [3.63, 3.8) is 0 Å². The highest BCUT2D eigenvalue weighted by Crippen LogP contribution is 2.31. The van der Waals surface area contributed by atoms with Crippen LogP contribution < -0.4 is 0 Å². The van der Waals surface area contributed by atoms with Gasteiger partial charge in [-0.3, -0.25) is 0 Å². The molecule has 0 aliphatic carbocycles. The molecule has 23 heavy (non-hydrogen) atoms. The number of hydrogen-bond acceptors (Lipinski definition) is 5. The van der Waals surface area contributed by atoms with Crippen LogP contribution in [0.4, 0.5) is 13.2 Å². The van der Waals surface area contributed by atoms with Gasteiger partial charge in [-0.25, -0.2) is 0 Å². The molecule has 120 valence electrons. The smallest absolute Gasteiger partial charge is 0.361 e. The number of rotatable bonds is 3. The largest absolute Gasteiger partial charge is 0.416 e. The van der Waals surface area contributed by atoms with Crippen molar-refractivity contribution >= 4 is 0 Å². The fourth-order valence-electron chi connectivity index (χ4n) is 2.13. The molecule has 0 saturated carbocycles. The van der Waals surface area contributed by atoms with Gasteiger partial charge >= 0.3 is 6.18 Å². The van der Waals surface area contributed by atoms with Crippen LogP contribution >= 0.6 is 0 Å². The summed E-state index contributed by atoms with van der Waals surface area (Å²) in [6.07, 6.45) is -4.41. The maximum atomic E-state index is 12.8. The molecule has 0 saturated heterocycles. The van der Waals surface area contributed by atoms with E-state index in [9.17, 15) is 13.2 Å². The van der Waals surface area contributed by atoms with Crippen molar-refractivity contribution in [2.75, 3.05) is 0 Å². The molecule has 1 aromatic carbocycles. The summed E-state index contributed by atoms with van der Waals surface area (Å²) in [6.45, 7) is 3.84. The Balaban J connectivity index is 1.88. The molecule has 3 aromatic rings. The minimum Gasteiger partial charge on any atom is -0.361 e. The number of tetrazole rings is 1. The second-order valence-electron chi connectivity index (χ2n) is 5.02. The molecule has 0 amide bonds. The van der Waals surface area contributed by atoms with E-state index < -0.39 is 11.7 Å². The molecule has 0 spiro atoms. The zero-order chi connectivity index (χ0) is 16.6. The van der Waals surface area contributed by atoms with Crippen molar-refractivity contribution in [1.29, 1.82) is 0 Å². The van der Waals surface area contributed by atoms with Crippen molar-refractivity contribution in [2.24, 2.45) is 0 Å². The predicted octanol–water partition coefficient (Wildman–Crippen LogP) is 3.01. The summed E-state index contributed by atoms with van der Waals surface area (Å²) in [5.41, 5.74) is 1.03. The third-order valence-corrected chi connectivity index (χ3v) is 3.38. The van der Waals surface area contributed by atoms with E-state index in [0.717, 1.165) is 17.7 Å². The Morgan fingerprint density at radius 3 is 2.65 bits per heavy atom. The van der Waals surface area contributed by atoms with Gasteiger partial charge in [-0.1, -0.05) is 17.3 Å². The van der Waals surface area contributed by atoms with Gasteiger partial charge in [-0.05, 0) is 31.2 Å². The first-order valence-corrected chi connectivity index (χ1v) is 6.72. The van der Waals surface area contributed by atoms with Gasteiger partial charge in [0, 0.05) is 11.1 Å². The molecule has 6 nitrogen and oxygen atoms in total. The standard InChI is InChI=1S/C14H12F3N5O/c1-8-12(9(2)23-20-8)7-22-19-13(18-21-22)10-4-3-5-11(6-10)14(15,16)17/h3-6H,7H2,1-2H3. The highest BCUT2D eigenvalue weighted by molar-refractivity contribution is 5.55. The Bertz CT molecular complexity index is 818. The minimum atomic E-state index is -4.41. The SMILES string of the molecule is Cc1noc(C)c1Cn1nnc(-c2cccc(C(F)(F)F)c2)n1. The van der Waals surface area contributed by atoms with E-state index in [1.807, 2.05) is 0 Å². The number of aryl methyl sites for hydroxylation is 2. The Hall–Kier alpha value is -2.71. The summed E-state index contributed by atoms with van der Waals surface area (Å²) in [5, 5.41) is 15.6. The molecule has 0 aliphatic rings. The van der Waals surface area contributed by atoms with E-state index in [1.54, 1.807) is 13.8 Å². The molecule has 0 bridgehead atoms. The van der Waals surface area contributed by atoms with Gasteiger partial charge < -0.3 is 4.52 Å². The van der Waals surface area contributed by atoms with E-state index >= 15 is 0 Å². The lowest BCUT2D eigenvalue weighted by Gasteiger charge is -2.06. The molecule has 2 heterocycles. The normalized spacial score (nSPS) is 11.9. The number of alkyl halides is 3. The van der Waals surface area contributed by atoms with Gasteiger partial charge in [0.25, 0.3) is 0 Å². The summed E-state index contributed by atoms with van der Waals surface area (Å²) >= 11 is 0. The molecule has 0 atom stereocenters. The monoisotopic (exact) mass is 323 g/mol. The Labute approximate surface area is 128 Å².